The number of thioether (sulfide) groups is 1. The average Bonchev–Trinajstić information content (AvgIpc) is 3.52. The van der Waals surface area contributed by atoms with Gasteiger partial charge in [-0.25, -0.2) is 4.98 Å². The number of carbonyl (C=O) groups is 3. The van der Waals surface area contributed by atoms with Crippen molar-refractivity contribution < 1.29 is 18.8 Å². The lowest BCUT2D eigenvalue weighted by Gasteiger charge is -2.12. The first kappa shape index (κ1) is 31.5. The van der Waals surface area contributed by atoms with Gasteiger partial charge in [0.2, 0.25) is 11.8 Å². The summed E-state index contributed by atoms with van der Waals surface area (Å²) in [6.45, 7) is 0. The van der Waals surface area contributed by atoms with Gasteiger partial charge in [-0.3, -0.25) is 14.4 Å². The van der Waals surface area contributed by atoms with Crippen LogP contribution in [0.5, 0.6) is 0 Å². The molecule has 0 aliphatic carbocycles. The van der Waals surface area contributed by atoms with Gasteiger partial charge in [0.15, 0.2) is 5.58 Å². The molecule has 0 saturated carbocycles. The number of oxazole rings is 1. The Morgan fingerprint density at radius 1 is 0.766 bits per heavy atom. The Labute approximate surface area is 283 Å². The smallest absolute Gasteiger partial charge is 0.272 e. The lowest BCUT2D eigenvalue weighted by Crippen LogP contribution is -2.30. The van der Waals surface area contributed by atoms with Crippen LogP contribution in [0.15, 0.2) is 147 Å². The number of amides is 3. The zero-order chi connectivity index (χ0) is 32.6. The fraction of sp³-hybridized carbons (Fsp3) is 0.0270. The molecule has 0 unspecified atom stereocenters. The molecule has 8 nitrogen and oxygen atoms in total. The Morgan fingerprint density at radius 3 is 2.32 bits per heavy atom. The molecular formula is C37H27BrN4O4S. The maximum absolute atomic E-state index is 13.4. The lowest BCUT2D eigenvalue weighted by atomic mass is 10.1. The highest BCUT2D eigenvalue weighted by Crippen LogP contribution is 2.26. The van der Waals surface area contributed by atoms with Crippen molar-refractivity contribution in [3.63, 3.8) is 0 Å². The Kier molecular flexibility index (Phi) is 9.90. The fourth-order valence-corrected chi connectivity index (χ4v) is 5.78. The van der Waals surface area contributed by atoms with E-state index in [0.29, 0.717) is 28.4 Å². The summed E-state index contributed by atoms with van der Waals surface area (Å²) in [6, 6.07) is 38.1. The van der Waals surface area contributed by atoms with Crippen LogP contribution in [0.2, 0.25) is 0 Å². The van der Waals surface area contributed by atoms with Crippen molar-refractivity contribution in [3.05, 3.63) is 149 Å². The van der Waals surface area contributed by atoms with Crippen molar-refractivity contribution >= 4 is 74.0 Å². The molecule has 6 rings (SSSR count). The van der Waals surface area contributed by atoms with E-state index in [-0.39, 0.29) is 17.4 Å². The van der Waals surface area contributed by atoms with E-state index in [9.17, 15) is 14.4 Å². The molecule has 1 aromatic heterocycles. The Balaban J connectivity index is 1.08. The van der Waals surface area contributed by atoms with Crippen molar-refractivity contribution in [2.75, 3.05) is 16.4 Å². The number of nitrogens with zero attached hydrogens (tertiary/aromatic N) is 1. The minimum atomic E-state index is -0.490. The maximum Gasteiger partial charge on any atom is 0.272 e. The number of rotatable bonds is 10. The van der Waals surface area contributed by atoms with Crippen LogP contribution in [0.4, 0.5) is 11.4 Å². The molecule has 10 heteroatoms. The Hall–Kier alpha value is -5.45. The normalized spacial score (nSPS) is 11.2. The number of hydrogen-bond donors (Lipinski definition) is 3. The van der Waals surface area contributed by atoms with Crippen LogP contribution in [0.1, 0.15) is 15.9 Å². The number of aromatic nitrogens is 1. The van der Waals surface area contributed by atoms with Gasteiger partial charge in [-0.05, 0) is 90.5 Å². The third-order valence-corrected chi connectivity index (χ3v) is 8.35. The van der Waals surface area contributed by atoms with E-state index >= 15 is 0 Å². The molecule has 5 aromatic carbocycles. The van der Waals surface area contributed by atoms with E-state index in [1.165, 1.54) is 11.8 Å². The van der Waals surface area contributed by atoms with Gasteiger partial charge in [-0.15, -0.1) is 11.8 Å². The minimum absolute atomic E-state index is 0.0801. The summed E-state index contributed by atoms with van der Waals surface area (Å²) in [4.78, 5) is 44.4. The zero-order valence-corrected chi connectivity index (χ0v) is 27.2. The van der Waals surface area contributed by atoms with E-state index < -0.39 is 11.8 Å². The van der Waals surface area contributed by atoms with Crippen LogP contribution in [0.25, 0.3) is 28.6 Å². The highest BCUT2D eigenvalue weighted by Gasteiger charge is 2.16. The molecule has 0 aliphatic heterocycles. The highest BCUT2D eigenvalue weighted by molar-refractivity contribution is 9.10. The second kappa shape index (κ2) is 14.8. The van der Waals surface area contributed by atoms with Crippen molar-refractivity contribution in [3.8, 4) is 11.5 Å². The van der Waals surface area contributed by atoms with Gasteiger partial charge >= 0.3 is 0 Å². The summed E-state index contributed by atoms with van der Waals surface area (Å²) in [5.74, 6) is -0.401. The van der Waals surface area contributed by atoms with E-state index in [1.54, 1.807) is 60.7 Å². The van der Waals surface area contributed by atoms with Crippen LogP contribution in [-0.2, 0) is 9.59 Å². The van der Waals surface area contributed by atoms with Crippen molar-refractivity contribution in [1.29, 1.82) is 0 Å². The zero-order valence-electron chi connectivity index (χ0n) is 24.8. The van der Waals surface area contributed by atoms with Crippen molar-refractivity contribution in [2.24, 2.45) is 0 Å². The summed E-state index contributed by atoms with van der Waals surface area (Å²) in [7, 11) is 0. The molecule has 1 heterocycles. The van der Waals surface area contributed by atoms with Crippen LogP contribution in [0, 0.1) is 0 Å². The average molecular weight is 704 g/mol. The van der Waals surface area contributed by atoms with Crippen LogP contribution < -0.4 is 16.0 Å². The van der Waals surface area contributed by atoms with Gasteiger partial charge in [-0.1, -0.05) is 64.5 Å². The summed E-state index contributed by atoms with van der Waals surface area (Å²) in [5, 5.41) is 8.52. The molecule has 3 N–H and O–H groups in total. The molecule has 0 saturated heterocycles. The molecule has 3 amide bonds. The molecule has 0 bridgehead atoms. The van der Waals surface area contributed by atoms with Crippen molar-refractivity contribution in [2.45, 2.75) is 4.90 Å². The van der Waals surface area contributed by atoms with Crippen LogP contribution in [0.3, 0.4) is 0 Å². The Morgan fingerprint density at radius 2 is 1.53 bits per heavy atom. The fourth-order valence-electron chi connectivity index (χ4n) is 4.61. The lowest BCUT2D eigenvalue weighted by molar-refractivity contribution is -0.114. The Bertz CT molecular complexity index is 2060. The predicted molar refractivity (Wildman–Crippen MR) is 190 cm³/mol. The van der Waals surface area contributed by atoms with E-state index in [0.717, 1.165) is 26.0 Å². The quantitative estimate of drug-likeness (QED) is 0.0976. The molecular weight excluding hydrogens is 676 g/mol. The maximum atomic E-state index is 13.4. The SMILES string of the molecule is O=C(CSc1cccc(NC(=O)/C(=C\c2cccc(Br)c2)NC(=O)c2ccccc2)c1)Nc1ccc(-c2nc3ccccc3o2)cc1. The molecule has 6 aromatic rings. The van der Waals surface area contributed by atoms with Gasteiger partial charge in [0.1, 0.15) is 11.2 Å². The second-order valence-electron chi connectivity index (χ2n) is 10.3. The van der Waals surface area contributed by atoms with Gasteiger partial charge in [0.05, 0.1) is 5.75 Å². The third-order valence-electron chi connectivity index (χ3n) is 6.86. The molecule has 0 atom stereocenters. The number of benzene rings is 5. The third kappa shape index (κ3) is 8.43. The van der Waals surface area contributed by atoms with Gasteiger partial charge in [0, 0.05) is 31.9 Å². The number of carbonyl (C=O) groups excluding carboxylic acids is 3. The predicted octanol–water partition coefficient (Wildman–Crippen LogP) is 8.40. The summed E-state index contributed by atoms with van der Waals surface area (Å²) >= 11 is 4.78. The highest BCUT2D eigenvalue weighted by atomic mass is 79.9. The molecule has 0 aliphatic rings. The summed E-state index contributed by atoms with van der Waals surface area (Å²) < 4.78 is 6.66. The van der Waals surface area contributed by atoms with Gasteiger partial charge < -0.3 is 20.4 Å². The number of fused-ring (bicyclic) bond motifs is 1. The largest absolute Gasteiger partial charge is 0.436 e. The van der Waals surface area contributed by atoms with E-state index in [2.05, 4.69) is 36.9 Å². The minimum Gasteiger partial charge on any atom is -0.436 e. The van der Waals surface area contributed by atoms with Crippen LogP contribution >= 0.6 is 27.7 Å². The molecule has 0 spiro atoms. The monoisotopic (exact) mass is 702 g/mol. The molecule has 47 heavy (non-hydrogen) atoms. The van der Waals surface area contributed by atoms with Gasteiger partial charge in [-0.2, -0.15) is 0 Å². The second-order valence-corrected chi connectivity index (χ2v) is 12.3. The first-order valence-corrected chi connectivity index (χ1v) is 16.3. The van der Waals surface area contributed by atoms with E-state index in [4.69, 9.17) is 4.42 Å². The standard InChI is InChI=1S/C37H27BrN4O4S/c38-27-11-6-8-24(20-27)21-32(41-35(44)25-9-2-1-3-10-25)36(45)40-29-12-7-13-30(22-29)47-23-34(43)39-28-18-16-26(17-19-28)37-42-31-14-4-5-15-33(31)46-37/h1-22H,23H2,(H,39,43)(H,40,45)(H,41,44)/b32-21+. The molecule has 0 fully saturated rings. The van der Waals surface area contributed by atoms with Gasteiger partial charge in [0.25, 0.3) is 11.8 Å². The summed E-state index contributed by atoms with van der Waals surface area (Å²) in [6.07, 6.45) is 1.61. The number of nitrogens with one attached hydrogen (secondary N) is 3. The van der Waals surface area contributed by atoms with Crippen molar-refractivity contribution in [1.82, 2.24) is 10.3 Å². The molecule has 0 radical (unpaired) electrons. The first-order chi connectivity index (χ1) is 22.9. The number of para-hydroxylation sites is 2. The topological polar surface area (TPSA) is 113 Å². The number of anilines is 2. The summed E-state index contributed by atoms with van der Waals surface area (Å²) in [5.41, 5.74) is 4.72. The number of hydrogen-bond acceptors (Lipinski definition) is 6. The van der Waals surface area contributed by atoms with Crippen LogP contribution in [-0.4, -0.2) is 28.5 Å². The number of halogens is 1. The first-order valence-electron chi connectivity index (χ1n) is 14.5. The van der Waals surface area contributed by atoms with E-state index in [1.807, 2.05) is 72.8 Å². The molecule has 232 valence electrons.